The number of H-pyrrole nitrogens is 1. The van der Waals surface area contributed by atoms with Gasteiger partial charge in [-0.1, -0.05) is 44.2 Å². The van der Waals surface area contributed by atoms with Crippen LogP contribution in [-0.2, 0) is 35.1 Å². The molecule has 5 N–H and O–H groups in total. The van der Waals surface area contributed by atoms with E-state index in [1.807, 2.05) is 44.2 Å². The highest BCUT2D eigenvalue weighted by Crippen LogP contribution is 2.16. The van der Waals surface area contributed by atoms with Crippen LogP contribution in [0.4, 0.5) is 0 Å². The van der Waals surface area contributed by atoms with Gasteiger partial charge in [0.05, 0.1) is 31.0 Å². The molecule has 2 saturated heterocycles. The molecular formula is C29H39N7O8. The molecule has 15 heteroatoms. The molecule has 2 aromatic rings. The zero-order chi connectivity index (χ0) is 32.2. The zero-order valence-corrected chi connectivity index (χ0v) is 24.9. The molecule has 44 heavy (non-hydrogen) atoms. The van der Waals surface area contributed by atoms with E-state index in [1.54, 1.807) is 0 Å². The standard InChI is InChI=1S/C28H37N7O6.CH2O2/c1-17(2)9-21-25(37)29-13-20-14-35(27(39)19-11-30-31-12-19)15-23(41-20)26(38)33-22(10-18-7-5-4-6-8-18)28(40)34(3)16-24(36)32-21;2-1-3/h4-8,11-12,17,20-23H,9-10,13-16H2,1-3H3,(H,29,37)(H,30,31)(H,32,36)(H,33,38);1H,(H,2,3)/t20-,21+,22-,23-;/m1./s1. The van der Waals surface area contributed by atoms with E-state index in [1.165, 1.54) is 29.2 Å². The van der Waals surface area contributed by atoms with Crippen LogP contribution in [-0.4, -0.2) is 119 Å². The number of carbonyl (C=O) groups excluding carboxylic acids is 5. The van der Waals surface area contributed by atoms with Crippen molar-refractivity contribution >= 4 is 36.0 Å². The third kappa shape index (κ3) is 9.62. The van der Waals surface area contributed by atoms with Crippen LogP contribution in [0.3, 0.4) is 0 Å². The fourth-order valence-corrected chi connectivity index (χ4v) is 4.97. The Balaban J connectivity index is 0.00000169. The third-order valence-electron chi connectivity index (χ3n) is 7.01. The monoisotopic (exact) mass is 613 g/mol. The molecule has 2 fully saturated rings. The van der Waals surface area contributed by atoms with Crippen LogP contribution in [0.5, 0.6) is 0 Å². The Hall–Kier alpha value is -4.79. The summed E-state index contributed by atoms with van der Waals surface area (Å²) in [5, 5.41) is 21.7. The molecular weight excluding hydrogens is 574 g/mol. The van der Waals surface area contributed by atoms with Gasteiger partial charge in [0.2, 0.25) is 17.7 Å². The van der Waals surface area contributed by atoms with E-state index in [-0.39, 0.29) is 50.9 Å². The summed E-state index contributed by atoms with van der Waals surface area (Å²) in [5.41, 5.74) is 1.13. The van der Waals surface area contributed by atoms with Gasteiger partial charge in [0.25, 0.3) is 18.3 Å². The van der Waals surface area contributed by atoms with Crippen molar-refractivity contribution < 1.29 is 38.6 Å². The largest absolute Gasteiger partial charge is 0.483 e. The molecule has 4 atom stereocenters. The van der Waals surface area contributed by atoms with Crippen molar-refractivity contribution in [1.29, 1.82) is 0 Å². The summed E-state index contributed by atoms with van der Waals surface area (Å²) in [6.07, 6.45) is 1.60. The minimum atomic E-state index is -1.10. The van der Waals surface area contributed by atoms with Crippen LogP contribution in [0.15, 0.2) is 42.7 Å². The Bertz CT molecular complexity index is 1290. The second kappa shape index (κ2) is 16.2. The number of nitrogens with zero attached hydrogens (tertiary/aromatic N) is 3. The molecule has 0 unspecified atom stereocenters. The number of nitrogens with one attached hydrogen (secondary N) is 4. The summed E-state index contributed by atoms with van der Waals surface area (Å²) in [6, 6.07) is 7.36. The second-order valence-electron chi connectivity index (χ2n) is 11.0. The number of morpholine rings is 1. The van der Waals surface area contributed by atoms with E-state index in [2.05, 4.69) is 26.1 Å². The average Bonchev–Trinajstić information content (AvgIpc) is 3.53. The van der Waals surface area contributed by atoms with E-state index in [0.29, 0.717) is 12.0 Å². The number of ether oxygens (including phenoxy) is 1. The maximum absolute atomic E-state index is 13.5. The van der Waals surface area contributed by atoms with Gasteiger partial charge in [-0.05, 0) is 17.9 Å². The first-order valence-corrected chi connectivity index (χ1v) is 14.2. The van der Waals surface area contributed by atoms with Gasteiger partial charge < -0.3 is 35.6 Å². The van der Waals surface area contributed by atoms with Crippen molar-refractivity contribution in [2.24, 2.45) is 5.92 Å². The number of amides is 5. The molecule has 1 aromatic heterocycles. The first kappa shape index (κ1) is 33.7. The Labute approximate surface area is 254 Å². The summed E-state index contributed by atoms with van der Waals surface area (Å²) in [7, 11) is 1.47. The lowest BCUT2D eigenvalue weighted by atomic mass is 10.0. The van der Waals surface area contributed by atoms with E-state index >= 15 is 0 Å². The molecule has 4 rings (SSSR count). The Morgan fingerprint density at radius 2 is 1.80 bits per heavy atom. The lowest BCUT2D eigenvalue weighted by Crippen LogP contribution is -2.59. The molecule has 238 valence electrons. The van der Waals surface area contributed by atoms with E-state index in [0.717, 1.165) is 5.56 Å². The third-order valence-corrected chi connectivity index (χ3v) is 7.01. The maximum atomic E-state index is 13.5. The van der Waals surface area contributed by atoms with Crippen LogP contribution >= 0.6 is 0 Å². The normalized spacial score (nSPS) is 23.3. The predicted molar refractivity (Wildman–Crippen MR) is 156 cm³/mol. The molecule has 3 heterocycles. The molecule has 15 nitrogen and oxygen atoms in total. The fraction of sp³-hybridized carbons (Fsp3) is 0.483. The van der Waals surface area contributed by atoms with Crippen molar-refractivity contribution in [1.82, 2.24) is 35.9 Å². The van der Waals surface area contributed by atoms with E-state index in [9.17, 15) is 24.0 Å². The average molecular weight is 614 g/mol. The highest BCUT2D eigenvalue weighted by Gasteiger charge is 2.38. The molecule has 0 spiro atoms. The molecule has 2 bridgehead atoms. The van der Waals surface area contributed by atoms with Gasteiger partial charge in [-0.2, -0.15) is 5.10 Å². The topological polar surface area (TPSA) is 203 Å². The maximum Gasteiger partial charge on any atom is 0.290 e. The van der Waals surface area contributed by atoms with Crippen LogP contribution in [0.2, 0.25) is 0 Å². The summed E-state index contributed by atoms with van der Waals surface area (Å²) in [4.78, 5) is 77.4. The number of fused-ring (bicyclic) bond motifs is 2. The van der Waals surface area contributed by atoms with Crippen LogP contribution < -0.4 is 16.0 Å². The highest BCUT2D eigenvalue weighted by atomic mass is 16.5. The molecule has 0 aliphatic carbocycles. The molecule has 2 aliphatic heterocycles. The van der Waals surface area contributed by atoms with Crippen molar-refractivity contribution in [2.75, 3.05) is 33.2 Å². The van der Waals surface area contributed by atoms with E-state index < -0.39 is 47.9 Å². The lowest BCUT2D eigenvalue weighted by Gasteiger charge is -2.38. The summed E-state index contributed by atoms with van der Waals surface area (Å²) < 4.78 is 6.06. The van der Waals surface area contributed by atoms with Gasteiger partial charge in [-0.3, -0.25) is 33.9 Å². The molecule has 5 amide bonds. The molecule has 2 aliphatic rings. The number of benzene rings is 1. The van der Waals surface area contributed by atoms with Gasteiger partial charge in [-0.25, -0.2) is 0 Å². The van der Waals surface area contributed by atoms with Crippen molar-refractivity contribution in [2.45, 2.75) is 51.0 Å². The van der Waals surface area contributed by atoms with Gasteiger partial charge >= 0.3 is 0 Å². The summed E-state index contributed by atoms with van der Waals surface area (Å²) >= 11 is 0. The first-order valence-electron chi connectivity index (χ1n) is 14.2. The molecule has 0 saturated carbocycles. The van der Waals surface area contributed by atoms with Gasteiger partial charge in [-0.15, -0.1) is 0 Å². The minimum absolute atomic E-state index is 0.00846. The molecule has 1 aromatic carbocycles. The van der Waals surface area contributed by atoms with Crippen LogP contribution in [0, 0.1) is 5.92 Å². The first-order chi connectivity index (χ1) is 21.0. The number of aromatic amines is 1. The van der Waals surface area contributed by atoms with Crippen molar-refractivity contribution in [3.63, 3.8) is 0 Å². The van der Waals surface area contributed by atoms with E-state index in [4.69, 9.17) is 14.6 Å². The molecule has 0 radical (unpaired) electrons. The van der Waals surface area contributed by atoms with Gasteiger partial charge in [0.15, 0.2) is 6.10 Å². The SMILES string of the molecule is CC(C)C[C@@H]1NC(=O)CN(C)C(=O)[C@@H](Cc2ccccc2)NC(=O)[C@H]2CN(C(=O)c3cn[nH]c3)C[C@@H](CNC1=O)O2.O=CO. The smallest absolute Gasteiger partial charge is 0.290 e. The number of likely N-dealkylation sites (N-methyl/N-ethyl adjacent to an activating group) is 1. The quantitative estimate of drug-likeness (QED) is 0.267. The van der Waals surface area contributed by atoms with Gasteiger partial charge in [0.1, 0.15) is 12.1 Å². The number of hydrogen-bond acceptors (Lipinski definition) is 8. The number of carboxylic acid groups (broad SMARTS) is 1. The van der Waals surface area contributed by atoms with Crippen LogP contribution in [0.25, 0.3) is 0 Å². The minimum Gasteiger partial charge on any atom is -0.483 e. The second-order valence-corrected chi connectivity index (χ2v) is 11.0. The van der Waals surface area contributed by atoms with Crippen LogP contribution in [0.1, 0.15) is 36.2 Å². The van der Waals surface area contributed by atoms with Crippen molar-refractivity contribution in [3.8, 4) is 0 Å². The predicted octanol–water partition coefficient (Wildman–Crippen LogP) is -0.833. The Kier molecular flexibility index (Phi) is 12.4. The number of carbonyl (C=O) groups is 6. The Morgan fingerprint density at radius 1 is 1.09 bits per heavy atom. The summed E-state index contributed by atoms with van der Waals surface area (Å²) in [5.74, 6) is -2.21. The summed E-state index contributed by atoms with van der Waals surface area (Å²) in [6.45, 7) is 3.39. The Morgan fingerprint density at radius 3 is 2.43 bits per heavy atom. The highest BCUT2D eigenvalue weighted by molar-refractivity contribution is 5.95. The number of rotatable bonds is 5. The van der Waals surface area contributed by atoms with Crippen molar-refractivity contribution in [3.05, 3.63) is 53.9 Å². The number of hydrogen-bond donors (Lipinski definition) is 5. The lowest BCUT2D eigenvalue weighted by molar-refractivity contribution is -0.148. The number of aromatic nitrogens is 2. The van der Waals surface area contributed by atoms with Gasteiger partial charge in [0, 0.05) is 32.8 Å². The fourth-order valence-electron chi connectivity index (χ4n) is 4.97. The zero-order valence-electron chi connectivity index (χ0n) is 24.9.